The van der Waals surface area contributed by atoms with Crippen molar-refractivity contribution in [2.75, 3.05) is 53.2 Å². The van der Waals surface area contributed by atoms with E-state index < -0.39 is 0 Å². The molecule has 7 N–H and O–H groups in total. The van der Waals surface area contributed by atoms with Crippen LogP contribution in [-0.4, -0.2) is 66.3 Å². The van der Waals surface area contributed by atoms with Crippen molar-refractivity contribution in [3.05, 3.63) is 142 Å². The van der Waals surface area contributed by atoms with E-state index >= 15 is 0 Å². The van der Waals surface area contributed by atoms with Gasteiger partial charge in [-0.15, -0.1) is 0 Å². The fraction of sp³-hybridized carbons (Fsp3) is 0.492. The van der Waals surface area contributed by atoms with Crippen molar-refractivity contribution < 1.29 is 24.2 Å². The molecule has 10 rings (SSSR count). The van der Waals surface area contributed by atoms with E-state index in [-0.39, 0.29) is 36.2 Å². The number of hydrogen-bond donors (Lipinski definition) is 6. The Morgan fingerprint density at radius 3 is 1.76 bits per heavy atom. The van der Waals surface area contributed by atoms with Gasteiger partial charge in [0.15, 0.2) is 6.10 Å². The molecule has 1 saturated heterocycles. The molecule has 0 aliphatic carbocycles. The summed E-state index contributed by atoms with van der Waals surface area (Å²) >= 11 is 0. The zero-order chi connectivity index (χ0) is 53.6. The smallest absolute Gasteiger partial charge is 0.265 e. The third kappa shape index (κ3) is 15.5. The standard InChI is InChI=1S/C15H22N2O.C14H19NO2.C13H17NO2.C12H17N.C9H13N/c1-4-17-10-13-9-12(11(2)3)5-6-14(13)16-8-7-15(17)18;1-8(2)9-3-4-11-10(5-9)14-6-12(15-11)13(16)7-17-14;1-4-11-13(15)14-10-6-5-9(8(2)3)7-12(10)16-11;1-9(2)10-5-6-12-11(8-10)4-3-7-13-12;1-7(2)8-3-5-9(10)6-4-8/h5-6,9,11,16H,4,7-8,10H2,1-3H3;3-5,8,12-16H,6-7H2,1-2H3;5-8,11H,4H2,1-3H3,(H,14,15);5-6,8-9,13H,3-4,7H2,1-2H3;3-7H,10H2,1-2H3/t;12-,13-,14-;;;/m.1.../s1. The molecule has 2 bridgehead atoms. The van der Waals surface area contributed by atoms with Crippen LogP contribution in [0.25, 0.3) is 0 Å². The highest BCUT2D eigenvalue weighted by Crippen LogP contribution is 2.40. The molecule has 1 fully saturated rings. The van der Waals surface area contributed by atoms with Gasteiger partial charge in [-0.25, -0.2) is 0 Å². The highest BCUT2D eigenvalue weighted by Gasteiger charge is 2.36. The summed E-state index contributed by atoms with van der Waals surface area (Å²) in [5, 5.41) is 22.9. The second kappa shape index (κ2) is 27.0. The highest BCUT2D eigenvalue weighted by molar-refractivity contribution is 5.97. The minimum Gasteiger partial charge on any atom is -0.478 e. The summed E-state index contributed by atoms with van der Waals surface area (Å²) in [6.45, 7) is 29.7. The number of nitrogen functional groups attached to an aromatic ring is 1. The average molecular weight is 1010 g/mol. The van der Waals surface area contributed by atoms with E-state index in [1.54, 1.807) is 0 Å². The summed E-state index contributed by atoms with van der Waals surface area (Å²) in [6.07, 6.45) is 4.07. The number of nitrogens with two attached hydrogens (primary N) is 1. The number of aryl methyl sites for hydroxylation is 1. The molecule has 5 heterocycles. The Bertz CT molecular complexity index is 2610. The van der Waals surface area contributed by atoms with Gasteiger partial charge in [0.2, 0.25) is 5.91 Å². The molecular weight excluding hydrogens is 921 g/mol. The van der Waals surface area contributed by atoms with Gasteiger partial charge in [-0.1, -0.05) is 131 Å². The first-order valence-corrected chi connectivity index (χ1v) is 27.5. The predicted octanol–water partition coefficient (Wildman–Crippen LogP) is 13.9. The Hall–Kier alpha value is -6.04. The zero-order valence-electron chi connectivity index (χ0n) is 46.6. The van der Waals surface area contributed by atoms with Gasteiger partial charge in [0, 0.05) is 67.3 Å². The molecule has 11 nitrogen and oxygen atoms in total. The monoisotopic (exact) mass is 1010 g/mol. The summed E-state index contributed by atoms with van der Waals surface area (Å²) in [5.74, 6) is 3.74. The Labute approximate surface area is 443 Å². The predicted molar refractivity (Wildman–Crippen MR) is 308 cm³/mol. The van der Waals surface area contributed by atoms with Crippen LogP contribution >= 0.6 is 0 Å². The molecule has 0 aromatic heterocycles. The van der Waals surface area contributed by atoms with Crippen LogP contribution in [0, 0.1) is 0 Å². The van der Waals surface area contributed by atoms with E-state index in [1.807, 2.05) is 49.1 Å². The number of benzene rings is 5. The number of carbonyl (C=O) groups excluding carboxylic acids is 2. The number of anilines is 5. The van der Waals surface area contributed by atoms with E-state index in [4.69, 9.17) is 15.2 Å². The number of aliphatic hydroxyl groups is 1. The average Bonchev–Trinajstić information content (AvgIpc) is 3.38. The van der Waals surface area contributed by atoms with Gasteiger partial charge < -0.3 is 46.5 Å². The third-order valence-electron chi connectivity index (χ3n) is 14.6. The van der Waals surface area contributed by atoms with Crippen LogP contribution in [0.15, 0.2) is 97.1 Å². The van der Waals surface area contributed by atoms with Gasteiger partial charge in [0.25, 0.3) is 5.91 Å². The molecule has 5 aliphatic rings. The molecule has 400 valence electrons. The first-order chi connectivity index (χ1) is 35.3. The summed E-state index contributed by atoms with van der Waals surface area (Å²) in [6, 6.07) is 34.0. The first-order valence-electron chi connectivity index (χ1n) is 27.5. The van der Waals surface area contributed by atoms with Crippen LogP contribution in [0.3, 0.4) is 0 Å². The van der Waals surface area contributed by atoms with E-state index in [2.05, 4.69) is 157 Å². The molecule has 5 aromatic carbocycles. The Morgan fingerprint density at radius 2 is 1.16 bits per heavy atom. The number of fused-ring (bicyclic) bond motifs is 7. The number of nitrogens with one attached hydrogen (secondary N) is 4. The third-order valence-corrected chi connectivity index (χ3v) is 14.6. The lowest BCUT2D eigenvalue weighted by Crippen LogP contribution is -2.45. The van der Waals surface area contributed by atoms with Crippen molar-refractivity contribution >= 4 is 40.3 Å². The lowest BCUT2D eigenvalue weighted by atomic mass is 9.88. The quantitative estimate of drug-likeness (QED) is 0.0876. The van der Waals surface area contributed by atoms with Crippen molar-refractivity contribution in [3.63, 3.8) is 0 Å². The van der Waals surface area contributed by atoms with Crippen molar-refractivity contribution in [1.29, 1.82) is 0 Å². The minimum atomic E-state index is -0.385. The molecule has 0 saturated carbocycles. The second-order valence-corrected chi connectivity index (χ2v) is 21.9. The van der Waals surface area contributed by atoms with Crippen molar-refractivity contribution in [3.8, 4) is 5.75 Å². The molecule has 1 unspecified atom stereocenters. The summed E-state index contributed by atoms with van der Waals surface area (Å²) in [5.41, 5.74) is 21.5. The topological polar surface area (TPSA) is 150 Å². The van der Waals surface area contributed by atoms with E-state index in [9.17, 15) is 14.7 Å². The maximum Gasteiger partial charge on any atom is 0.265 e. The maximum absolute atomic E-state index is 11.9. The Balaban J connectivity index is 0.000000153. The molecule has 5 aromatic rings. The van der Waals surface area contributed by atoms with E-state index in [0.29, 0.717) is 49.0 Å². The molecule has 0 radical (unpaired) electrons. The number of aliphatic hydroxyl groups excluding tert-OH is 1. The first kappa shape index (κ1) is 57.2. The number of amides is 2. The van der Waals surface area contributed by atoms with Gasteiger partial charge in [-0.05, 0) is 137 Å². The minimum absolute atomic E-state index is 0.0488. The van der Waals surface area contributed by atoms with Gasteiger partial charge in [0.1, 0.15) is 5.75 Å². The Kier molecular flexibility index (Phi) is 20.9. The Morgan fingerprint density at radius 1 is 0.635 bits per heavy atom. The van der Waals surface area contributed by atoms with Crippen LogP contribution < -0.4 is 31.7 Å². The second-order valence-electron chi connectivity index (χ2n) is 21.9. The fourth-order valence-electron chi connectivity index (χ4n) is 9.54. The normalized spacial score (nSPS) is 19.2. The number of ether oxygens (including phenoxy) is 2. The summed E-state index contributed by atoms with van der Waals surface area (Å²) in [7, 11) is 0. The van der Waals surface area contributed by atoms with E-state index in [0.717, 1.165) is 55.4 Å². The molecule has 2 amide bonds. The van der Waals surface area contributed by atoms with Gasteiger partial charge in [0.05, 0.1) is 30.5 Å². The number of hydrogen-bond acceptors (Lipinski definition) is 9. The molecule has 11 heteroatoms. The number of nitrogens with zero attached hydrogens (tertiary/aromatic N) is 1. The van der Waals surface area contributed by atoms with Crippen LogP contribution in [0.4, 0.5) is 28.4 Å². The summed E-state index contributed by atoms with van der Waals surface area (Å²) < 4.78 is 11.4. The van der Waals surface area contributed by atoms with Crippen molar-refractivity contribution in [1.82, 2.24) is 4.90 Å². The number of rotatable bonds is 7. The zero-order valence-corrected chi connectivity index (χ0v) is 46.6. The van der Waals surface area contributed by atoms with Gasteiger partial charge in [-0.2, -0.15) is 0 Å². The highest BCUT2D eigenvalue weighted by atomic mass is 16.5. The largest absolute Gasteiger partial charge is 0.478 e. The van der Waals surface area contributed by atoms with Gasteiger partial charge in [-0.3, -0.25) is 9.59 Å². The molecule has 5 aliphatic heterocycles. The van der Waals surface area contributed by atoms with Crippen LogP contribution in [0.5, 0.6) is 5.75 Å². The molecule has 0 spiro atoms. The van der Waals surface area contributed by atoms with Crippen molar-refractivity contribution in [2.45, 2.75) is 176 Å². The summed E-state index contributed by atoms with van der Waals surface area (Å²) in [4.78, 5) is 25.4. The van der Waals surface area contributed by atoms with Gasteiger partial charge >= 0.3 is 0 Å². The molecule has 74 heavy (non-hydrogen) atoms. The number of carbonyl (C=O) groups is 2. The van der Waals surface area contributed by atoms with Crippen molar-refractivity contribution in [2.24, 2.45) is 0 Å². The SMILES string of the molecule is CC(C)c1ccc(N)cc1.CC(C)c1ccc2c(c1)CCCN2.CC(C)c1ccc2c(c1)[C@H]1C[C@@H](N2)[C@H](O)CO1.CCC1Oc2cc(C(C)C)ccc2NC1=O.CCN1Cc2cc(C(C)C)ccc2NCCC1=O. The maximum atomic E-state index is 11.9. The lowest BCUT2D eigenvalue weighted by molar-refractivity contribution is -0.131. The van der Waals surface area contributed by atoms with Crippen LogP contribution in [-0.2, 0) is 27.3 Å². The van der Waals surface area contributed by atoms with E-state index in [1.165, 1.54) is 68.7 Å². The fourth-order valence-corrected chi connectivity index (χ4v) is 9.54. The molecular formula is C63H88N6O5. The lowest BCUT2D eigenvalue weighted by Gasteiger charge is -2.40. The van der Waals surface area contributed by atoms with Crippen LogP contribution in [0.2, 0.25) is 0 Å². The van der Waals surface area contributed by atoms with Crippen LogP contribution in [0.1, 0.15) is 189 Å². The molecule has 4 atom stereocenters.